The van der Waals surface area contributed by atoms with E-state index >= 15 is 0 Å². The van der Waals surface area contributed by atoms with Crippen molar-refractivity contribution in [3.8, 4) is 0 Å². The first-order valence-electron chi connectivity index (χ1n) is 9.75. The van der Waals surface area contributed by atoms with Crippen molar-refractivity contribution in [2.24, 2.45) is 0 Å². The van der Waals surface area contributed by atoms with Gasteiger partial charge in [0.05, 0.1) is 15.7 Å². The fourth-order valence-corrected chi connectivity index (χ4v) is 3.87. The summed E-state index contributed by atoms with van der Waals surface area (Å²) in [5, 5.41) is 5.86. The Labute approximate surface area is 184 Å². The number of hydrogen-bond donors (Lipinski definition) is 2. The van der Waals surface area contributed by atoms with E-state index in [2.05, 4.69) is 15.6 Å². The highest BCUT2D eigenvalue weighted by molar-refractivity contribution is 7.16. The van der Waals surface area contributed by atoms with Crippen LogP contribution >= 0.6 is 11.3 Å². The summed E-state index contributed by atoms with van der Waals surface area (Å²) in [6.07, 6.45) is 0. The topological polar surface area (TPSA) is 74.3 Å². The molecule has 7 heteroatoms. The van der Waals surface area contributed by atoms with Gasteiger partial charge in [0.25, 0.3) is 11.8 Å². The number of carbonyl (C=O) groups excluding carboxylic acids is 2. The lowest BCUT2D eigenvalue weighted by molar-refractivity contribution is 0.101. The van der Waals surface area contributed by atoms with E-state index in [9.17, 15) is 9.59 Å². The molecule has 2 amide bonds. The highest BCUT2D eigenvalue weighted by Gasteiger charge is 2.12. The second-order valence-corrected chi connectivity index (χ2v) is 8.30. The van der Waals surface area contributed by atoms with Gasteiger partial charge in [-0.3, -0.25) is 9.59 Å². The van der Waals surface area contributed by atoms with E-state index in [1.54, 1.807) is 23.7 Å². The van der Waals surface area contributed by atoms with Gasteiger partial charge in [-0.25, -0.2) is 4.98 Å². The van der Waals surface area contributed by atoms with E-state index < -0.39 is 0 Å². The summed E-state index contributed by atoms with van der Waals surface area (Å²) in [4.78, 5) is 31.7. The third-order valence-corrected chi connectivity index (χ3v) is 5.75. The standard InChI is InChI=1S/C24H22N4O2S/c1-15-7-9-18(26-23(29)16-5-4-6-19(11-16)28(2)3)13-21(15)27-24(30)17-8-10-20-22(12-17)31-14-25-20/h4-14H,1-3H3,(H,26,29)(H,27,30). The molecule has 0 aliphatic heterocycles. The molecule has 3 aromatic carbocycles. The summed E-state index contributed by atoms with van der Waals surface area (Å²) in [5.74, 6) is -0.416. The van der Waals surface area contributed by atoms with Crippen LogP contribution in [0.2, 0.25) is 0 Å². The zero-order valence-electron chi connectivity index (χ0n) is 17.5. The average Bonchev–Trinajstić information content (AvgIpc) is 3.24. The summed E-state index contributed by atoms with van der Waals surface area (Å²) >= 11 is 1.50. The van der Waals surface area contributed by atoms with Crippen LogP contribution in [0.3, 0.4) is 0 Å². The molecule has 0 aliphatic carbocycles. The number of aromatic nitrogens is 1. The molecule has 4 rings (SSSR count). The summed E-state index contributed by atoms with van der Waals surface area (Å²) in [7, 11) is 3.86. The van der Waals surface area contributed by atoms with Gasteiger partial charge < -0.3 is 15.5 Å². The molecule has 0 unspecified atom stereocenters. The van der Waals surface area contributed by atoms with Gasteiger partial charge in [-0.05, 0) is 61.0 Å². The third kappa shape index (κ3) is 4.57. The van der Waals surface area contributed by atoms with Crippen LogP contribution in [-0.4, -0.2) is 30.9 Å². The molecule has 31 heavy (non-hydrogen) atoms. The maximum Gasteiger partial charge on any atom is 0.255 e. The van der Waals surface area contributed by atoms with Crippen molar-refractivity contribution in [1.82, 2.24) is 4.98 Å². The summed E-state index contributed by atoms with van der Waals surface area (Å²) in [6, 6.07) is 18.3. The minimum Gasteiger partial charge on any atom is -0.378 e. The number of amides is 2. The van der Waals surface area contributed by atoms with Crippen LogP contribution < -0.4 is 15.5 Å². The zero-order valence-corrected chi connectivity index (χ0v) is 18.3. The van der Waals surface area contributed by atoms with E-state index in [0.29, 0.717) is 22.5 Å². The van der Waals surface area contributed by atoms with E-state index in [1.807, 2.05) is 68.4 Å². The normalized spacial score (nSPS) is 10.7. The lowest BCUT2D eigenvalue weighted by Crippen LogP contribution is -2.15. The second kappa shape index (κ2) is 8.57. The molecular weight excluding hydrogens is 408 g/mol. The number of rotatable bonds is 5. The van der Waals surface area contributed by atoms with E-state index in [0.717, 1.165) is 21.5 Å². The highest BCUT2D eigenvalue weighted by atomic mass is 32.1. The van der Waals surface area contributed by atoms with Crippen molar-refractivity contribution in [2.75, 3.05) is 29.6 Å². The number of nitrogens with zero attached hydrogens (tertiary/aromatic N) is 2. The Balaban J connectivity index is 1.52. The average molecular weight is 431 g/mol. The largest absolute Gasteiger partial charge is 0.378 e. The Kier molecular flexibility index (Phi) is 5.68. The number of benzene rings is 3. The quantitative estimate of drug-likeness (QED) is 0.458. The fourth-order valence-electron chi connectivity index (χ4n) is 3.15. The Hall–Kier alpha value is -3.71. The lowest BCUT2D eigenvalue weighted by atomic mass is 10.1. The van der Waals surface area contributed by atoms with Crippen LogP contribution in [0.4, 0.5) is 17.1 Å². The maximum absolute atomic E-state index is 12.8. The van der Waals surface area contributed by atoms with E-state index in [4.69, 9.17) is 0 Å². The number of aryl methyl sites for hydroxylation is 1. The minimum atomic E-state index is -0.208. The molecule has 0 atom stereocenters. The van der Waals surface area contributed by atoms with Gasteiger partial charge in [0.15, 0.2) is 0 Å². The number of nitrogens with one attached hydrogen (secondary N) is 2. The van der Waals surface area contributed by atoms with Gasteiger partial charge in [0, 0.05) is 42.3 Å². The van der Waals surface area contributed by atoms with Crippen LogP contribution in [-0.2, 0) is 0 Å². The monoisotopic (exact) mass is 430 g/mol. The minimum absolute atomic E-state index is 0.208. The van der Waals surface area contributed by atoms with Crippen LogP contribution in [0, 0.1) is 6.92 Å². The Bertz CT molecular complexity index is 1280. The number of anilines is 3. The number of carbonyl (C=O) groups is 2. The van der Waals surface area contributed by atoms with Crippen LogP contribution in [0.1, 0.15) is 26.3 Å². The van der Waals surface area contributed by atoms with Crippen LogP contribution in [0.25, 0.3) is 10.2 Å². The fraction of sp³-hybridized carbons (Fsp3) is 0.125. The predicted molar refractivity (Wildman–Crippen MR) is 127 cm³/mol. The lowest BCUT2D eigenvalue weighted by Gasteiger charge is -2.14. The molecule has 0 radical (unpaired) electrons. The van der Waals surface area contributed by atoms with Crippen LogP contribution in [0.5, 0.6) is 0 Å². The predicted octanol–water partition coefficient (Wildman–Crippen LogP) is 5.18. The smallest absolute Gasteiger partial charge is 0.255 e. The van der Waals surface area contributed by atoms with Gasteiger partial charge in [-0.1, -0.05) is 12.1 Å². The summed E-state index contributed by atoms with van der Waals surface area (Å²) in [5.41, 5.74) is 6.87. The van der Waals surface area contributed by atoms with Crippen molar-refractivity contribution in [1.29, 1.82) is 0 Å². The molecule has 6 nitrogen and oxygen atoms in total. The van der Waals surface area contributed by atoms with E-state index in [1.165, 1.54) is 11.3 Å². The van der Waals surface area contributed by atoms with Crippen molar-refractivity contribution in [3.05, 3.63) is 82.9 Å². The molecule has 0 fully saturated rings. The summed E-state index contributed by atoms with van der Waals surface area (Å²) in [6.45, 7) is 1.91. The van der Waals surface area contributed by atoms with Crippen LogP contribution in [0.15, 0.2) is 66.2 Å². The second-order valence-electron chi connectivity index (χ2n) is 7.42. The first-order valence-corrected chi connectivity index (χ1v) is 10.6. The number of fused-ring (bicyclic) bond motifs is 1. The maximum atomic E-state index is 12.8. The van der Waals surface area contributed by atoms with E-state index in [-0.39, 0.29) is 11.8 Å². The summed E-state index contributed by atoms with van der Waals surface area (Å²) < 4.78 is 0.963. The van der Waals surface area contributed by atoms with Crippen molar-refractivity contribution in [2.45, 2.75) is 6.92 Å². The number of thiazole rings is 1. The van der Waals surface area contributed by atoms with Gasteiger partial charge in [0.2, 0.25) is 0 Å². The van der Waals surface area contributed by atoms with Gasteiger partial charge >= 0.3 is 0 Å². The van der Waals surface area contributed by atoms with Crippen molar-refractivity contribution in [3.63, 3.8) is 0 Å². The Morgan fingerprint density at radius 2 is 1.68 bits per heavy atom. The SMILES string of the molecule is Cc1ccc(NC(=O)c2cccc(N(C)C)c2)cc1NC(=O)c1ccc2ncsc2c1. The molecule has 4 aromatic rings. The van der Waals surface area contributed by atoms with Gasteiger partial charge in [0.1, 0.15) is 0 Å². The third-order valence-electron chi connectivity index (χ3n) is 4.96. The molecular formula is C24H22N4O2S. The Morgan fingerprint density at radius 1 is 0.903 bits per heavy atom. The molecule has 0 bridgehead atoms. The Morgan fingerprint density at radius 3 is 2.48 bits per heavy atom. The van der Waals surface area contributed by atoms with Gasteiger partial charge in [-0.15, -0.1) is 11.3 Å². The number of hydrogen-bond acceptors (Lipinski definition) is 5. The first kappa shape index (κ1) is 20.6. The zero-order chi connectivity index (χ0) is 22.0. The molecule has 156 valence electrons. The molecule has 1 heterocycles. The van der Waals surface area contributed by atoms with Crippen molar-refractivity contribution >= 4 is 50.4 Å². The molecule has 0 saturated carbocycles. The van der Waals surface area contributed by atoms with Crippen molar-refractivity contribution < 1.29 is 9.59 Å². The molecule has 0 saturated heterocycles. The molecule has 1 aromatic heterocycles. The molecule has 0 spiro atoms. The first-order chi connectivity index (χ1) is 14.9. The molecule has 2 N–H and O–H groups in total. The molecule has 0 aliphatic rings. The highest BCUT2D eigenvalue weighted by Crippen LogP contribution is 2.24. The van der Waals surface area contributed by atoms with Gasteiger partial charge in [-0.2, -0.15) is 0 Å².